The van der Waals surface area contributed by atoms with Gasteiger partial charge in [0.2, 0.25) is 5.91 Å². The maximum atomic E-state index is 12.6. The quantitative estimate of drug-likeness (QED) is 0.712. The molecule has 0 unspecified atom stereocenters. The van der Waals surface area contributed by atoms with E-state index < -0.39 is 43.1 Å². The van der Waals surface area contributed by atoms with Crippen molar-refractivity contribution >= 4 is 5.91 Å². The number of carbonyl (C=O) groups is 1. The average molecular weight is 240 g/mol. The van der Waals surface area contributed by atoms with Gasteiger partial charge in [-0.05, 0) is 6.92 Å². The number of amides is 1. The zero-order valence-corrected chi connectivity index (χ0v) is 8.87. The van der Waals surface area contributed by atoms with Gasteiger partial charge in [-0.25, -0.2) is 0 Å². The Bertz CT molecular complexity index is 268. The summed E-state index contributed by atoms with van der Waals surface area (Å²) in [5.74, 6) is -3.10. The first-order valence-electron chi connectivity index (χ1n) is 4.99. The van der Waals surface area contributed by atoms with Crippen molar-refractivity contribution in [2.75, 3.05) is 19.7 Å². The fourth-order valence-corrected chi connectivity index (χ4v) is 1.90. The first-order valence-corrected chi connectivity index (χ1v) is 4.99. The largest absolute Gasteiger partial charge is 0.396 e. The number of aliphatic hydroxyl groups excluding tert-OH is 1. The summed E-state index contributed by atoms with van der Waals surface area (Å²) >= 11 is 0. The minimum Gasteiger partial charge on any atom is -0.396 e. The Balaban J connectivity index is 2.74. The molecule has 1 aliphatic rings. The van der Waals surface area contributed by atoms with E-state index in [1.54, 1.807) is 0 Å². The number of rotatable bonds is 2. The van der Waals surface area contributed by atoms with Crippen molar-refractivity contribution in [2.24, 2.45) is 17.6 Å². The highest BCUT2D eigenvalue weighted by atomic mass is 19.4. The van der Waals surface area contributed by atoms with Crippen LogP contribution in [-0.2, 0) is 4.79 Å². The van der Waals surface area contributed by atoms with Crippen LogP contribution in [0.25, 0.3) is 0 Å². The topological polar surface area (TPSA) is 66.6 Å². The summed E-state index contributed by atoms with van der Waals surface area (Å²) in [6, 6.07) is -0.814. The minimum absolute atomic E-state index is 0.0823. The lowest BCUT2D eigenvalue weighted by Gasteiger charge is -2.19. The van der Waals surface area contributed by atoms with Crippen molar-refractivity contribution in [3.63, 3.8) is 0 Å². The van der Waals surface area contributed by atoms with Crippen LogP contribution in [0.2, 0.25) is 0 Å². The molecule has 3 N–H and O–H groups in total. The van der Waals surface area contributed by atoms with E-state index in [9.17, 15) is 18.0 Å². The molecule has 0 spiro atoms. The molecule has 0 aliphatic carbocycles. The Labute approximate surface area is 91.2 Å². The lowest BCUT2D eigenvalue weighted by molar-refractivity contribution is -0.183. The van der Waals surface area contributed by atoms with Gasteiger partial charge in [0.25, 0.3) is 0 Å². The smallest absolute Gasteiger partial charge is 0.393 e. The number of alkyl halides is 3. The summed E-state index contributed by atoms with van der Waals surface area (Å²) in [6.45, 7) is 0.361. The third-order valence-electron chi connectivity index (χ3n) is 2.80. The molecule has 1 amide bonds. The fourth-order valence-electron chi connectivity index (χ4n) is 1.90. The molecule has 0 saturated carbocycles. The van der Waals surface area contributed by atoms with Crippen molar-refractivity contribution in [1.82, 2.24) is 4.90 Å². The third-order valence-corrected chi connectivity index (χ3v) is 2.80. The zero-order valence-electron chi connectivity index (χ0n) is 8.87. The molecule has 3 atom stereocenters. The summed E-state index contributed by atoms with van der Waals surface area (Å²) in [7, 11) is 0. The van der Waals surface area contributed by atoms with Gasteiger partial charge in [0.05, 0.1) is 12.0 Å². The second-order valence-electron chi connectivity index (χ2n) is 4.12. The number of carbonyl (C=O) groups excluding carboxylic acids is 1. The number of halogens is 3. The van der Waals surface area contributed by atoms with E-state index in [-0.39, 0.29) is 6.54 Å². The highest BCUT2D eigenvalue weighted by Gasteiger charge is 2.50. The van der Waals surface area contributed by atoms with Gasteiger partial charge >= 0.3 is 6.18 Å². The number of nitrogens with zero attached hydrogens (tertiary/aromatic N) is 1. The van der Waals surface area contributed by atoms with Crippen LogP contribution in [0.5, 0.6) is 0 Å². The van der Waals surface area contributed by atoms with Crippen LogP contribution in [0.1, 0.15) is 6.92 Å². The Hall–Kier alpha value is -0.820. The molecule has 0 bridgehead atoms. The summed E-state index contributed by atoms with van der Waals surface area (Å²) < 4.78 is 37.7. The van der Waals surface area contributed by atoms with Gasteiger partial charge in [-0.15, -0.1) is 0 Å². The predicted molar refractivity (Wildman–Crippen MR) is 50.4 cm³/mol. The second-order valence-corrected chi connectivity index (χ2v) is 4.12. The number of likely N-dealkylation sites (tertiary alicyclic amines) is 1. The summed E-state index contributed by atoms with van der Waals surface area (Å²) in [4.78, 5) is 12.5. The summed E-state index contributed by atoms with van der Waals surface area (Å²) in [5.41, 5.74) is 5.32. The molecule has 1 fully saturated rings. The first-order chi connectivity index (χ1) is 7.27. The monoisotopic (exact) mass is 240 g/mol. The van der Waals surface area contributed by atoms with Gasteiger partial charge in [-0.2, -0.15) is 13.2 Å². The van der Waals surface area contributed by atoms with Gasteiger partial charge in [0, 0.05) is 25.6 Å². The van der Waals surface area contributed by atoms with Crippen LogP contribution in [-0.4, -0.2) is 47.8 Å². The molecule has 1 aliphatic heterocycles. The Kier molecular flexibility index (Phi) is 3.80. The van der Waals surface area contributed by atoms with E-state index in [1.807, 2.05) is 0 Å². The van der Waals surface area contributed by atoms with Gasteiger partial charge in [-0.3, -0.25) is 4.79 Å². The normalized spacial score (nSPS) is 28.2. The molecule has 7 heteroatoms. The van der Waals surface area contributed by atoms with Gasteiger partial charge in [-0.1, -0.05) is 0 Å². The maximum Gasteiger partial charge on any atom is 0.393 e. The Morgan fingerprint density at radius 3 is 2.44 bits per heavy atom. The molecule has 16 heavy (non-hydrogen) atoms. The highest BCUT2D eigenvalue weighted by Crippen LogP contribution is 2.37. The van der Waals surface area contributed by atoms with E-state index in [2.05, 4.69) is 0 Å². The number of nitrogens with two attached hydrogens (primary N) is 1. The molecule has 94 valence electrons. The molecule has 1 rings (SSSR count). The molecule has 0 aromatic heterocycles. The minimum atomic E-state index is -4.39. The van der Waals surface area contributed by atoms with Crippen molar-refractivity contribution in [2.45, 2.75) is 19.1 Å². The van der Waals surface area contributed by atoms with Crippen LogP contribution >= 0.6 is 0 Å². The van der Waals surface area contributed by atoms with Gasteiger partial charge in [0.15, 0.2) is 0 Å². The molecule has 0 aromatic carbocycles. The molecule has 1 heterocycles. The molecule has 0 aromatic rings. The van der Waals surface area contributed by atoms with Gasteiger partial charge in [0.1, 0.15) is 0 Å². The van der Waals surface area contributed by atoms with Crippen LogP contribution < -0.4 is 5.73 Å². The van der Waals surface area contributed by atoms with Crippen LogP contribution in [0.4, 0.5) is 13.2 Å². The molecular weight excluding hydrogens is 225 g/mol. The first kappa shape index (κ1) is 13.2. The number of hydrogen-bond acceptors (Lipinski definition) is 3. The fraction of sp³-hybridized carbons (Fsp3) is 0.889. The molecule has 0 radical (unpaired) electrons. The van der Waals surface area contributed by atoms with Crippen LogP contribution in [0.15, 0.2) is 0 Å². The summed E-state index contributed by atoms with van der Waals surface area (Å²) in [5, 5.41) is 8.87. The van der Waals surface area contributed by atoms with Crippen LogP contribution in [0, 0.1) is 11.8 Å². The van der Waals surface area contributed by atoms with Crippen molar-refractivity contribution < 1.29 is 23.1 Å². The van der Waals surface area contributed by atoms with Crippen molar-refractivity contribution in [1.29, 1.82) is 0 Å². The third kappa shape index (κ3) is 2.65. The second kappa shape index (κ2) is 4.58. The average Bonchev–Trinajstić information content (AvgIpc) is 2.59. The van der Waals surface area contributed by atoms with E-state index in [0.29, 0.717) is 0 Å². The van der Waals surface area contributed by atoms with Crippen LogP contribution in [0.3, 0.4) is 0 Å². The van der Waals surface area contributed by atoms with E-state index in [1.165, 1.54) is 6.92 Å². The highest BCUT2D eigenvalue weighted by molar-refractivity contribution is 5.81. The van der Waals surface area contributed by atoms with Gasteiger partial charge < -0.3 is 15.7 Å². The Morgan fingerprint density at radius 1 is 1.56 bits per heavy atom. The summed E-state index contributed by atoms with van der Waals surface area (Å²) in [6.07, 6.45) is -4.39. The number of aliphatic hydroxyl groups is 1. The van der Waals surface area contributed by atoms with E-state index >= 15 is 0 Å². The predicted octanol–water partition coefficient (Wildman–Crippen LogP) is -0.0372. The van der Waals surface area contributed by atoms with Crippen molar-refractivity contribution in [3.05, 3.63) is 0 Å². The van der Waals surface area contributed by atoms with E-state index in [0.717, 1.165) is 4.90 Å². The van der Waals surface area contributed by atoms with Crippen molar-refractivity contribution in [3.8, 4) is 0 Å². The molecule has 4 nitrogen and oxygen atoms in total. The maximum absolute atomic E-state index is 12.6. The SMILES string of the molecule is C[C@H](N)C(=O)N1C[C@@H](CO)[C@@H](C(F)(F)F)C1. The zero-order chi connectivity index (χ0) is 12.5. The molecule has 1 saturated heterocycles. The standard InChI is InChI=1S/C9H15F3N2O2/c1-5(13)8(16)14-2-6(4-15)7(3-14)9(10,11)12/h5-7,15H,2-4,13H2,1H3/t5-,6-,7-/m0/s1. The van der Waals surface area contributed by atoms with E-state index in [4.69, 9.17) is 10.8 Å². The lowest BCUT2D eigenvalue weighted by atomic mass is 9.97. The number of hydrogen-bond donors (Lipinski definition) is 2. The molecular formula is C9H15F3N2O2. The lowest BCUT2D eigenvalue weighted by Crippen LogP contribution is -2.41. The Morgan fingerprint density at radius 2 is 2.12 bits per heavy atom.